The molecule has 0 N–H and O–H groups in total. The second-order valence-electron chi connectivity index (χ2n) is 17.2. The number of hydrogen-bond donors (Lipinski definition) is 0. The van der Waals surface area contributed by atoms with Crippen molar-refractivity contribution >= 4 is 33.2 Å². The summed E-state index contributed by atoms with van der Waals surface area (Å²) in [4.78, 5) is 9.07. The molecule has 3 heterocycles. The van der Waals surface area contributed by atoms with Crippen molar-refractivity contribution in [2.24, 2.45) is 23.7 Å². The third-order valence-corrected chi connectivity index (χ3v) is 12.2. The number of rotatable bonds is 5. The van der Waals surface area contributed by atoms with Gasteiger partial charge in [-0.25, -0.2) is 4.98 Å². The predicted molar refractivity (Wildman–Crippen MR) is 213 cm³/mol. The van der Waals surface area contributed by atoms with Crippen LogP contribution in [-0.2, 0) is 31.9 Å². The van der Waals surface area contributed by atoms with E-state index in [0.29, 0.717) is 35.2 Å². The fraction of sp³-hybridized carbons (Fsp3) is 0.362. The van der Waals surface area contributed by atoms with Crippen molar-refractivity contribution in [2.75, 3.05) is 9.80 Å². The molecule has 1 aliphatic heterocycles. The van der Waals surface area contributed by atoms with Gasteiger partial charge in [0, 0.05) is 62.0 Å². The Morgan fingerprint density at radius 3 is 2.19 bits per heavy atom. The van der Waals surface area contributed by atoms with Crippen LogP contribution in [0.5, 0.6) is 11.5 Å². The number of ether oxygens (including phenoxy) is 1. The number of anilines is 2. The molecule has 2 aliphatic carbocycles. The number of hydrogen-bond acceptors (Lipinski definition) is 4. The molecule has 0 radical (unpaired) electrons. The Morgan fingerprint density at radius 1 is 0.774 bits per heavy atom. The van der Waals surface area contributed by atoms with Gasteiger partial charge in [0.15, 0.2) is 0 Å². The van der Waals surface area contributed by atoms with Gasteiger partial charge in [-0.1, -0.05) is 97.2 Å². The summed E-state index contributed by atoms with van der Waals surface area (Å²) in [5, 5.41) is 2.16. The zero-order chi connectivity index (χ0) is 40.5. The van der Waals surface area contributed by atoms with Crippen molar-refractivity contribution < 1.29 is 32.7 Å². The van der Waals surface area contributed by atoms with Crippen molar-refractivity contribution in [3.05, 3.63) is 127 Å². The molecule has 9 rings (SSSR count). The van der Waals surface area contributed by atoms with Gasteiger partial charge >= 0.3 is 0 Å². The first-order valence-corrected chi connectivity index (χ1v) is 18.6. The number of para-hydroxylation sites is 2. The Kier molecular flexibility index (Phi) is 7.45. The standard InChI is InChI=1S/C47H49N4O.Pt/c1-29-30(2)40-27-39(29)44-45(40)50(28-49(44)33-14-10-9-11-15-33)34-22-32(47(6,7)8)23-36(25-34)52-35-18-19-38-37-16-12-13-17-41(37)51(42(38)26-35)43-24-31(20-21-48-43)46(3,4)5;/h9-24,28-30,39-40,44-45H,27H2,1-8H3;/q-3;/t29?,30?,39?,40-,44?,45-;/m0./s1/i9D,10D,11D,14D,15D;. The van der Waals surface area contributed by atoms with E-state index in [1.54, 1.807) is 0 Å². The zero-order valence-electron chi connectivity index (χ0n) is 36.6. The van der Waals surface area contributed by atoms with Gasteiger partial charge in [-0.05, 0) is 82.2 Å². The fourth-order valence-electron chi connectivity index (χ4n) is 9.22. The van der Waals surface area contributed by atoms with Gasteiger partial charge in [0.2, 0.25) is 0 Å². The summed E-state index contributed by atoms with van der Waals surface area (Å²) in [5.41, 5.74) is 4.96. The Bertz CT molecular complexity index is 2570. The molecule has 0 spiro atoms. The summed E-state index contributed by atoms with van der Waals surface area (Å²) in [7, 11) is 0. The molecule has 2 saturated carbocycles. The van der Waals surface area contributed by atoms with Crippen LogP contribution < -0.4 is 14.5 Å². The van der Waals surface area contributed by atoms with Crippen LogP contribution in [0.3, 0.4) is 0 Å². The maximum absolute atomic E-state index is 8.93. The quantitative estimate of drug-likeness (QED) is 0.162. The van der Waals surface area contributed by atoms with E-state index in [1.165, 1.54) is 5.56 Å². The maximum Gasteiger partial charge on any atom is 0.135 e. The molecular weight excluding hydrogens is 832 g/mol. The summed E-state index contributed by atoms with van der Waals surface area (Å²) in [6.07, 6.45) is 2.90. The first-order valence-electron chi connectivity index (χ1n) is 21.1. The van der Waals surface area contributed by atoms with Gasteiger partial charge in [0.25, 0.3) is 0 Å². The fourth-order valence-corrected chi connectivity index (χ4v) is 9.22. The molecule has 6 aromatic rings. The van der Waals surface area contributed by atoms with Gasteiger partial charge < -0.3 is 19.1 Å². The van der Waals surface area contributed by atoms with E-state index in [4.69, 9.17) is 16.6 Å². The van der Waals surface area contributed by atoms with Crippen LogP contribution in [0, 0.1) is 42.5 Å². The van der Waals surface area contributed by atoms with Gasteiger partial charge in [-0.3, -0.25) is 0 Å². The van der Waals surface area contributed by atoms with E-state index in [1.807, 2.05) is 29.9 Å². The van der Waals surface area contributed by atoms with Gasteiger partial charge in [-0.15, -0.1) is 47.0 Å². The normalized spacial score (nSPS) is 25.2. The first-order chi connectivity index (χ1) is 26.9. The van der Waals surface area contributed by atoms with Crippen molar-refractivity contribution in [3.8, 4) is 17.3 Å². The van der Waals surface area contributed by atoms with Crippen LogP contribution in [0.15, 0.2) is 97.1 Å². The zero-order valence-corrected chi connectivity index (χ0v) is 33.9. The minimum Gasteiger partial charge on any atom is -0.519 e. The molecule has 53 heavy (non-hydrogen) atoms. The smallest absolute Gasteiger partial charge is 0.135 e. The van der Waals surface area contributed by atoms with E-state index in [-0.39, 0.29) is 79.9 Å². The molecule has 3 aliphatic rings. The summed E-state index contributed by atoms with van der Waals surface area (Å²) < 4.78 is 52.0. The summed E-state index contributed by atoms with van der Waals surface area (Å²) in [6, 6.07) is 26.7. The third-order valence-electron chi connectivity index (χ3n) is 12.2. The number of pyridine rings is 1. The van der Waals surface area contributed by atoms with Gasteiger partial charge in [0.05, 0.1) is 6.85 Å². The average molecular weight is 886 g/mol. The molecular formula is C47H49N4OPt-3. The molecule has 2 aromatic heterocycles. The van der Waals surface area contributed by atoms with E-state index in [2.05, 4.69) is 126 Å². The van der Waals surface area contributed by atoms with Crippen molar-refractivity contribution in [2.45, 2.75) is 84.7 Å². The molecule has 2 bridgehead atoms. The second kappa shape index (κ2) is 13.0. The molecule has 5 nitrogen and oxygen atoms in total. The topological polar surface area (TPSA) is 33.5 Å². The minimum atomic E-state index is -0.380. The molecule has 4 unspecified atom stereocenters. The Labute approximate surface area is 336 Å². The van der Waals surface area contributed by atoms with E-state index in [0.717, 1.165) is 45.3 Å². The molecule has 0 amide bonds. The van der Waals surface area contributed by atoms with Crippen molar-refractivity contribution in [3.63, 3.8) is 0 Å². The molecule has 6 heteroatoms. The first kappa shape index (κ1) is 30.3. The van der Waals surface area contributed by atoms with Crippen molar-refractivity contribution in [1.29, 1.82) is 0 Å². The van der Waals surface area contributed by atoms with Crippen LogP contribution in [0.2, 0.25) is 0 Å². The van der Waals surface area contributed by atoms with Gasteiger partial charge in [0.1, 0.15) is 5.82 Å². The summed E-state index contributed by atoms with van der Waals surface area (Å²) in [6.45, 7) is 19.8. The van der Waals surface area contributed by atoms with Crippen molar-refractivity contribution in [1.82, 2.24) is 9.55 Å². The predicted octanol–water partition coefficient (Wildman–Crippen LogP) is 11.3. The maximum atomic E-state index is 8.93. The van der Waals surface area contributed by atoms with E-state index >= 15 is 0 Å². The monoisotopic (exact) mass is 885 g/mol. The number of nitrogens with zero attached hydrogens (tertiary/aromatic N) is 4. The molecule has 6 atom stereocenters. The van der Waals surface area contributed by atoms with Crippen LogP contribution in [0.25, 0.3) is 27.6 Å². The summed E-state index contributed by atoms with van der Waals surface area (Å²) in [5.74, 6) is 3.51. The van der Waals surface area contributed by atoms with Crippen LogP contribution in [0.1, 0.15) is 79.8 Å². The summed E-state index contributed by atoms with van der Waals surface area (Å²) >= 11 is 0. The van der Waals surface area contributed by atoms with Crippen LogP contribution in [0.4, 0.5) is 11.4 Å². The second-order valence-corrected chi connectivity index (χ2v) is 17.2. The largest absolute Gasteiger partial charge is 0.519 e. The Balaban J connectivity index is 0.00000469. The molecule has 3 fully saturated rings. The Morgan fingerprint density at radius 2 is 1.47 bits per heavy atom. The number of fused-ring (bicyclic) bond motifs is 8. The molecule has 1 saturated heterocycles. The van der Waals surface area contributed by atoms with Crippen LogP contribution >= 0.6 is 0 Å². The molecule has 4 aromatic carbocycles. The number of benzene rings is 4. The molecule has 276 valence electrons. The minimum absolute atomic E-state index is 0. The van der Waals surface area contributed by atoms with E-state index in [9.17, 15) is 0 Å². The van der Waals surface area contributed by atoms with E-state index < -0.39 is 0 Å². The van der Waals surface area contributed by atoms with Crippen LogP contribution in [-0.4, -0.2) is 21.6 Å². The average Bonchev–Trinajstić information content (AvgIpc) is 3.91. The number of aromatic nitrogens is 2. The SMILES string of the molecule is [2H]c1c([2H])c([2H])c(N2[CH-]N(c3[c-]c(Oc4[c-]c5c(cc4)c4ccccc4n5-c4cc(C(C)(C)C)ccn4)cc(C(C)(C)C)c3)[C@@H]3C2C2C[C@H]3C(C)C2C)c([2H])c1[2H].[Pt]. The van der Waals surface area contributed by atoms with Gasteiger partial charge in [-0.2, -0.15) is 12.7 Å². The third kappa shape index (κ3) is 5.99. The Hall–Kier alpha value is -4.08.